The molecule has 0 spiro atoms. The zero-order chi connectivity index (χ0) is 11.9. The first-order valence-corrected chi connectivity index (χ1v) is 5.55. The zero-order valence-electron chi connectivity index (χ0n) is 9.45. The van der Waals surface area contributed by atoms with E-state index in [9.17, 15) is 5.11 Å². The molecular formula is C13H15N3O. The second-order valence-electron chi connectivity index (χ2n) is 3.75. The third-order valence-corrected chi connectivity index (χ3v) is 2.44. The lowest BCUT2D eigenvalue weighted by molar-refractivity contribution is 0.174. The van der Waals surface area contributed by atoms with Gasteiger partial charge in [0, 0.05) is 31.7 Å². The summed E-state index contributed by atoms with van der Waals surface area (Å²) in [5.41, 5.74) is 1.78. The standard InChI is InChI=1S/C13H15N3O/c17-13(11-4-2-1-3-5-11)10-15-9-12-8-14-6-7-16-12/h1-8,13,15,17H,9-10H2. The predicted octanol–water partition coefficient (Wildman–Crippen LogP) is 1.30. The Morgan fingerprint density at radius 3 is 2.71 bits per heavy atom. The molecule has 1 aromatic heterocycles. The van der Waals surface area contributed by atoms with Crippen LogP contribution in [0.3, 0.4) is 0 Å². The van der Waals surface area contributed by atoms with Gasteiger partial charge in [-0.05, 0) is 5.56 Å². The number of hydrogen-bond acceptors (Lipinski definition) is 4. The molecule has 0 radical (unpaired) electrons. The molecule has 1 atom stereocenters. The first-order chi connectivity index (χ1) is 8.36. The van der Waals surface area contributed by atoms with E-state index >= 15 is 0 Å². The van der Waals surface area contributed by atoms with Crippen LogP contribution in [-0.4, -0.2) is 21.6 Å². The third kappa shape index (κ3) is 3.62. The first-order valence-electron chi connectivity index (χ1n) is 5.55. The number of nitrogens with one attached hydrogen (secondary N) is 1. The Bertz CT molecular complexity index is 433. The van der Waals surface area contributed by atoms with Crippen LogP contribution in [0.1, 0.15) is 17.4 Å². The maximum absolute atomic E-state index is 9.90. The quantitative estimate of drug-likeness (QED) is 0.811. The number of rotatable bonds is 5. The fraction of sp³-hybridized carbons (Fsp3) is 0.231. The molecule has 0 aliphatic heterocycles. The van der Waals surface area contributed by atoms with Crippen LogP contribution in [0.25, 0.3) is 0 Å². The number of aliphatic hydroxyl groups excluding tert-OH is 1. The highest BCUT2D eigenvalue weighted by molar-refractivity contribution is 5.17. The summed E-state index contributed by atoms with van der Waals surface area (Å²) in [6, 6.07) is 9.59. The summed E-state index contributed by atoms with van der Waals surface area (Å²) in [6.45, 7) is 1.11. The fourth-order valence-electron chi connectivity index (χ4n) is 1.55. The molecule has 0 fully saturated rings. The summed E-state index contributed by atoms with van der Waals surface area (Å²) in [7, 11) is 0. The van der Waals surface area contributed by atoms with Crippen molar-refractivity contribution in [2.24, 2.45) is 0 Å². The molecule has 0 bridgehead atoms. The molecular weight excluding hydrogens is 214 g/mol. The molecule has 2 aromatic rings. The van der Waals surface area contributed by atoms with Gasteiger partial charge in [-0.15, -0.1) is 0 Å². The summed E-state index contributed by atoms with van der Waals surface area (Å²) >= 11 is 0. The van der Waals surface area contributed by atoms with Gasteiger partial charge in [0.2, 0.25) is 0 Å². The van der Waals surface area contributed by atoms with Gasteiger partial charge in [-0.3, -0.25) is 9.97 Å². The highest BCUT2D eigenvalue weighted by Crippen LogP contribution is 2.10. The Hall–Kier alpha value is -1.78. The first kappa shape index (κ1) is 11.7. The van der Waals surface area contributed by atoms with Crippen LogP contribution in [0.4, 0.5) is 0 Å². The Kier molecular flexibility index (Phi) is 4.18. The van der Waals surface area contributed by atoms with Crippen molar-refractivity contribution in [3.8, 4) is 0 Å². The molecule has 88 valence electrons. The summed E-state index contributed by atoms with van der Waals surface area (Å²) in [4.78, 5) is 8.12. The van der Waals surface area contributed by atoms with Crippen molar-refractivity contribution in [1.29, 1.82) is 0 Å². The van der Waals surface area contributed by atoms with Crippen molar-refractivity contribution < 1.29 is 5.11 Å². The van der Waals surface area contributed by atoms with Crippen LogP contribution in [-0.2, 0) is 6.54 Å². The van der Waals surface area contributed by atoms with Crippen LogP contribution in [0, 0.1) is 0 Å². The Morgan fingerprint density at radius 1 is 1.18 bits per heavy atom. The van der Waals surface area contributed by atoms with Crippen molar-refractivity contribution in [3.63, 3.8) is 0 Å². The van der Waals surface area contributed by atoms with Gasteiger partial charge >= 0.3 is 0 Å². The Balaban J connectivity index is 1.79. The maximum Gasteiger partial charge on any atom is 0.0914 e. The Labute approximate surface area is 100 Å². The minimum absolute atomic E-state index is 0.493. The molecule has 4 heteroatoms. The number of aromatic nitrogens is 2. The van der Waals surface area contributed by atoms with Crippen LogP contribution in [0.5, 0.6) is 0 Å². The SMILES string of the molecule is OC(CNCc1cnccn1)c1ccccc1. The van der Waals surface area contributed by atoms with Gasteiger partial charge in [0.05, 0.1) is 11.8 Å². The molecule has 1 unspecified atom stereocenters. The van der Waals surface area contributed by atoms with Crippen LogP contribution >= 0.6 is 0 Å². The zero-order valence-corrected chi connectivity index (χ0v) is 9.45. The topological polar surface area (TPSA) is 58.0 Å². The number of nitrogens with zero attached hydrogens (tertiary/aromatic N) is 2. The van der Waals surface area contributed by atoms with Crippen molar-refractivity contribution in [3.05, 3.63) is 60.2 Å². The normalized spacial score (nSPS) is 12.3. The molecule has 4 nitrogen and oxygen atoms in total. The molecule has 2 N–H and O–H groups in total. The summed E-state index contributed by atoms with van der Waals surface area (Å²) in [6.07, 6.45) is 4.52. The molecule has 0 amide bonds. The lowest BCUT2D eigenvalue weighted by Crippen LogP contribution is -2.21. The highest BCUT2D eigenvalue weighted by Gasteiger charge is 2.05. The molecule has 0 aliphatic rings. The average Bonchev–Trinajstić information content (AvgIpc) is 2.41. The molecule has 0 saturated heterocycles. The second kappa shape index (κ2) is 6.08. The van der Waals surface area contributed by atoms with Crippen molar-refractivity contribution in [2.45, 2.75) is 12.6 Å². The molecule has 0 saturated carbocycles. The maximum atomic E-state index is 9.90. The molecule has 17 heavy (non-hydrogen) atoms. The van der Waals surface area contributed by atoms with E-state index in [1.807, 2.05) is 30.3 Å². The van der Waals surface area contributed by atoms with E-state index in [1.54, 1.807) is 18.6 Å². The molecule has 1 heterocycles. The summed E-state index contributed by atoms with van der Waals surface area (Å²) in [5, 5.41) is 13.0. The van der Waals surface area contributed by atoms with E-state index in [4.69, 9.17) is 0 Å². The highest BCUT2D eigenvalue weighted by atomic mass is 16.3. The minimum Gasteiger partial charge on any atom is -0.387 e. The van der Waals surface area contributed by atoms with E-state index in [0.717, 1.165) is 11.3 Å². The van der Waals surface area contributed by atoms with Crippen molar-refractivity contribution in [1.82, 2.24) is 15.3 Å². The van der Waals surface area contributed by atoms with Gasteiger partial charge in [0.1, 0.15) is 0 Å². The van der Waals surface area contributed by atoms with E-state index in [2.05, 4.69) is 15.3 Å². The monoisotopic (exact) mass is 229 g/mol. The minimum atomic E-state index is -0.493. The van der Waals surface area contributed by atoms with E-state index in [-0.39, 0.29) is 0 Å². The van der Waals surface area contributed by atoms with Gasteiger partial charge in [-0.1, -0.05) is 30.3 Å². The van der Waals surface area contributed by atoms with Crippen molar-refractivity contribution in [2.75, 3.05) is 6.54 Å². The predicted molar refractivity (Wildman–Crippen MR) is 65.1 cm³/mol. The van der Waals surface area contributed by atoms with Gasteiger partial charge in [-0.25, -0.2) is 0 Å². The van der Waals surface area contributed by atoms with Crippen LogP contribution < -0.4 is 5.32 Å². The molecule has 2 rings (SSSR count). The van der Waals surface area contributed by atoms with E-state index in [0.29, 0.717) is 13.1 Å². The van der Waals surface area contributed by atoms with Crippen LogP contribution in [0.2, 0.25) is 0 Å². The summed E-state index contributed by atoms with van der Waals surface area (Å²) < 4.78 is 0. The van der Waals surface area contributed by atoms with Crippen molar-refractivity contribution >= 4 is 0 Å². The van der Waals surface area contributed by atoms with Gasteiger partial charge < -0.3 is 10.4 Å². The summed E-state index contributed by atoms with van der Waals surface area (Å²) in [5.74, 6) is 0. The number of aliphatic hydroxyl groups is 1. The smallest absolute Gasteiger partial charge is 0.0914 e. The van der Waals surface area contributed by atoms with E-state index < -0.39 is 6.10 Å². The third-order valence-electron chi connectivity index (χ3n) is 2.44. The Morgan fingerprint density at radius 2 is 2.00 bits per heavy atom. The van der Waals surface area contributed by atoms with E-state index in [1.165, 1.54) is 0 Å². The average molecular weight is 229 g/mol. The lowest BCUT2D eigenvalue weighted by Gasteiger charge is -2.11. The van der Waals surface area contributed by atoms with Gasteiger partial charge in [-0.2, -0.15) is 0 Å². The second-order valence-corrected chi connectivity index (χ2v) is 3.75. The van der Waals surface area contributed by atoms with Gasteiger partial charge in [0.25, 0.3) is 0 Å². The number of benzene rings is 1. The van der Waals surface area contributed by atoms with Gasteiger partial charge in [0.15, 0.2) is 0 Å². The molecule has 0 aliphatic carbocycles. The fourth-order valence-corrected chi connectivity index (χ4v) is 1.55. The number of hydrogen-bond donors (Lipinski definition) is 2. The largest absolute Gasteiger partial charge is 0.387 e. The lowest BCUT2D eigenvalue weighted by atomic mass is 10.1. The van der Waals surface area contributed by atoms with Crippen LogP contribution in [0.15, 0.2) is 48.9 Å². The molecule has 1 aromatic carbocycles.